The van der Waals surface area contributed by atoms with Crippen molar-refractivity contribution in [3.05, 3.63) is 24.3 Å². The van der Waals surface area contributed by atoms with Gasteiger partial charge in [-0.15, -0.1) is 0 Å². The van der Waals surface area contributed by atoms with Gasteiger partial charge in [0.25, 0.3) is 5.91 Å². The molecule has 0 saturated carbocycles. The number of nitrogens with two attached hydrogens (primary N) is 1. The van der Waals surface area contributed by atoms with Crippen LogP contribution in [-0.4, -0.2) is 31.2 Å². The van der Waals surface area contributed by atoms with Gasteiger partial charge in [-0.1, -0.05) is 12.1 Å². The normalized spacial score (nSPS) is 11.5. The highest BCUT2D eigenvalue weighted by atomic mass is 16.5. The molecular formula is C15H21NO5. The first kappa shape index (κ1) is 16.8. The lowest BCUT2D eigenvalue weighted by Gasteiger charge is -2.12. The van der Waals surface area contributed by atoms with Crippen molar-refractivity contribution in [1.82, 2.24) is 0 Å². The number of para-hydroxylation sites is 2. The molecule has 6 nitrogen and oxygen atoms in total. The van der Waals surface area contributed by atoms with Crippen LogP contribution in [0.4, 0.5) is 0 Å². The molecule has 1 aromatic rings. The number of esters is 1. The summed E-state index contributed by atoms with van der Waals surface area (Å²) in [4.78, 5) is 22.2. The Morgan fingerprint density at radius 1 is 1.19 bits per heavy atom. The molecule has 1 amide bonds. The lowest BCUT2D eigenvalue weighted by Crippen LogP contribution is -2.30. The molecule has 0 aliphatic heterocycles. The number of carbonyl (C=O) groups excluding carboxylic acids is 2. The largest absolute Gasteiger partial charge is 0.490 e. The molecule has 0 unspecified atom stereocenters. The molecule has 0 bridgehead atoms. The summed E-state index contributed by atoms with van der Waals surface area (Å²) < 4.78 is 15.8. The van der Waals surface area contributed by atoms with Gasteiger partial charge >= 0.3 is 5.97 Å². The van der Waals surface area contributed by atoms with Crippen molar-refractivity contribution in [2.45, 2.75) is 32.8 Å². The fraction of sp³-hybridized carbons (Fsp3) is 0.467. The quantitative estimate of drug-likeness (QED) is 0.553. The fourth-order valence-electron chi connectivity index (χ4n) is 1.56. The van der Waals surface area contributed by atoms with Crippen molar-refractivity contribution < 1.29 is 23.8 Å². The van der Waals surface area contributed by atoms with Crippen LogP contribution in [0.25, 0.3) is 0 Å². The van der Waals surface area contributed by atoms with Crippen LogP contribution < -0.4 is 15.2 Å². The van der Waals surface area contributed by atoms with Crippen LogP contribution in [0.15, 0.2) is 24.3 Å². The number of benzene rings is 1. The van der Waals surface area contributed by atoms with Gasteiger partial charge in [-0.05, 0) is 32.4 Å². The molecule has 0 fully saturated rings. The molecule has 1 rings (SSSR count). The Balaban J connectivity index is 2.31. The molecule has 1 atom stereocenters. The van der Waals surface area contributed by atoms with E-state index in [1.54, 1.807) is 6.07 Å². The third-order valence-corrected chi connectivity index (χ3v) is 2.64. The maximum atomic E-state index is 11.4. The second-order valence-corrected chi connectivity index (χ2v) is 4.37. The molecule has 0 radical (unpaired) electrons. The number of carbonyl (C=O) groups is 2. The monoisotopic (exact) mass is 295 g/mol. The smallest absolute Gasteiger partial charge is 0.306 e. The number of hydrogen-bond acceptors (Lipinski definition) is 5. The molecule has 0 spiro atoms. The van der Waals surface area contributed by atoms with Gasteiger partial charge < -0.3 is 19.9 Å². The van der Waals surface area contributed by atoms with Crippen molar-refractivity contribution in [1.29, 1.82) is 0 Å². The molecule has 0 aliphatic rings. The van der Waals surface area contributed by atoms with Gasteiger partial charge in [-0.25, -0.2) is 0 Å². The van der Waals surface area contributed by atoms with E-state index in [0.29, 0.717) is 31.1 Å². The van der Waals surface area contributed by atoms with E-state index in [2.05, 4.69) is 0 Å². The summed E-state index contributed by atoms with van der Waals surface area (Å²) in [6.07, 6.45) is -0.267. The summed E-state index contributed by atoms with van der Waals surface area (Å²) in [5.74, 6) is 0.177. The Kier molecular flexibility index (Phi) is 7.08. The van der Waals surface area contributed by atoms with E-state index in [1.165, 1.54) is 6.92 Å². The predicted molar refractivity (Wildman–Crippen MR) is 77.1 cm³/mol. The summed E-state index contributed by atoms with van der Waals surface area (Å²) in [5, 5.41) is 0. The maximum absolute atomic E-state index is 11.4. The van der Waals surface area contributed by atoms with Crippen LogP contribution in [0.2, 0.25) is 0 Å². The van der Waals surface area contributed by atoms with Crippen molar-refractivity contribution >= 4 is 11.9 Å². The Morgan fingerprint density at radius 2 is 1.81 bits per heavy atom. The Labute approximate surface area is 124 Å². The van der Waals surface area contributed by atoms with Gasteiger partial charge in [0.05, 0.1) is 13.2 Å². The first-order chi connectivity index (χ1) is 10.0. The topological polar surface area (TPSA) is 87.8 Å². The van der Waals surface area contributed by atoms with Crippen molar-refractivity contribution in [3.63, 3.8) is 0 Å². The number of amides is 1. The van der Waals surface area contributed by atoms with Crippen LogP contribution in [0, 0.1) is 0 Å². The standard InChI is InChI=1S/C15H21NO5/c1-3-19-12-7-4-5-8-13(12)20-10-6-9-14(17)21-11(2)15(16)18/h4-5,7-8,11H,3,6,9-10H2,1-2H3,(H2,16,18)/t11-/m0/s1. The van der Waals surface area contributed by atoms with Gasteiger partial charge in [0.15, 0.2) is 17.6 Å². The van der Waals surface area contributed by atoms with Crippen molar-refractivity contribution in [2.75, 3.05) is 13.2 Å². The summed E-state index contributed by atoms with van der Waals surface area (Å²) in [6, 6.07) is 7.33. The fourth-order valence-corrected chi connectivity index (χ4v) is 1.56. The Bertz CT molecular complexity index is 475. The molecule has 0 aromatic heterocycles. The lowest BCUT2D eigenvalue weighted by molar-refractivity contribution is -0.153. The van der Waals surface area contributed by atoms with Crippen molar-refractivity contribution in [3.8, 4) is 11.5 Å². The highest BCUT2D eigenvalue weighted by Crippen LogP contribution is 2.26. The van der Waals surface area contributed by atoms with Gasteiger partial charge in [0.1, 0.15) is 0 Å². The van der Waals surface area contributed by atoms with E-state index in [9.17, 15) is 9.59 Å². The van der Waals surface area contributed by atoms with E-state index >= 15 is 0 Å². The molecule has 1 aromatic carbocycles. The Morgan fingerprint density at radius 3 is 2.38 bits per heavy atom. The van der Waals surface area contributed by atoms with Crippen LogP contribution in [0.3, 0.4) is 0 Å². The average Bonchev–Trinajstić information content (AvgIpc) is 2.45. The minimum Gasteiger partial charge on any atom is -0.490 e. The van der Waals surface area contributed by atoms with Crippen LogP contribution in [0.1, 0.15) is 26.7 Å². The molecule has 0 heterocycles. The molecule has 6 heteroatoms. The molecular weight excluding hydrogens is 274 g/mol. The first-order valence-corrected chi connectivity index (χ1v) is 6.88. The predicted octanol–water partition coefficient (Wildman–Crippen LogP) is 1.66. The highest BCUT2D eigenvalue weighted by molar-refractivity contribution is 5.81. The minimum atomic E-state index is -0.905. The van der Waals surface area contributed by atoms with Gasteiger partial charge in [0, 0.05) is 6.42 Å². The summed E-state index contributed by atoms with van der Waals surface area (Å²) >= 11 is 0. The van der Waals surface area contributed by atoms with Gasteiger partial charge in [-0.3, -0.25) is 9.59 Å². The second-order valence-electron chi connectivity index (χ2n) is 4.37. The van der Waals surface area contributed by atoms with Crippen LogP contribution in [0.5, 0.6) is 11.5 Å². The van der Waals surface area contributed by atoms with E-state index in [-0.39, 0.29) is 6.42 Å². The van der Waals surface area contributed by atoms with E-state index in [0.717, 1.165) is 0 Å². The maximum Gasteiger partial charge on any atom is 0.306 e. The Hall–Kier alpha value is -2.24. The number of primary amides is 1. The van der Waals surface area contributed by atoms with Gasteiger partial charge in [0.2, 0.25) is 0 Å². The van der Waals surface area contributed by atoms with E-state index in [1.807, 2.05) is 25.1 Å². The van der Waals surface area contributed by atoms with Gasteiger partial charge in [-0.2, -0.15) is 0 Å². The van der Waals surface area contributed by atoms with E-state index in [4.69, 9.17) is 19.9 Å². The molecule has 116 valence electrons. The molecule has 21 heavy (non-hydrogen) atoms. The number of rotatable bonds is 9. The first-order valence-electron chi connectivity index (χ1n) is 6.88. The zero-order chi connectivity index (χ0) is 15.7. The average molecular weight is 295 g/mol. The van der Waals surface area contributed by atoms with Crippen LogP contribution in [-0.2, 0) is 14.3 Å². The second kappa shape index (κ2) is 8.84. The molecule has 2 N–H and O–H groups in total. The summed E-state index contributed by atoms with van der Waals surface area (Å²) in [6.45, 7) is 4.24. The number of hydrogen-bond donors (Lipinski definition) is 1. The molecule has 0 saturated heterocycles. The minimum absolute atomic E-state index is 0.161. The van der Waals surface area contributed by atoms with Crippen molar-refractivity contribution in [2.24, 2.45) is 5.73 Å². The molecule has 0 aliphatic carbocycles. The van der Waals surface area contributed by atoms with E-state index < -0.39 is 18.0 Å². The third-order valence-electron chi connectivity index (χ3n) is 2.64. The SMILES string of the molecule is CCOc1ccccc1OCCCC(=O)O[C@@H](C)C(N)=O. The zero-order valence-electron chi connectivity index (χ0n) is 12.3. The summed E-state index contributed by atoms with van der Waals surface area (Å²) in [5.41, 5.74) is 5.01. The third kappa shape index (κ3) is 6.16. The summed E-state index contributed by atoms with van der Waals surface area (Å²) in [7, 11) is 0. The highest BCUT2D eigenvalue weighted by Gasteiger charge is 2.14. The lowest BCUT2D eigenvalue weighted by atomic mass is 10.3. The zero-order valence-corrected chi connectivity index (χ0v) is 12.3. The number of ether oxygens (including phenoxy) is 3. The van der Waals surface area contributed by atoms with Crippen LogP contribution >= 0.6 is 0 Å².